The molecule has 11 N–H and O–H groups in total. The zero-order valence-corrected chi connectivity index (χ0v) is 30.8. The molecular formula is C33H54N8O12. The number of ether oxygens (including phenoxy) is 1. The molecule has 0 aromatic rings. The molecule has 0 saturated heterocycles. The van der Waals surface area contributed by atoms with E-state index in [-0.39, 0.29) is 31.8 Å². The number of hydrogen-bond donors (Lipinski definition) is 9. The first-order valence-electron chi connectivity index (χ1n) is 17.1. The number of unbranched alkanes of at least 4 members (excludes halogenated alkanes) is 1. The highest BCUT2D eigenvalue weighted by Crippen LogP contribution is 2.10. The molecule has 53 heavy (non-hydrogen) atoms. The lowest BCUT2D eigenvalue weighted by molar-refractivity contribution is -0.144. The second-order valence-corrected chi connectivity index (χ2v) is 12.3. The van der Waals surface area contributed by atoms with E-state index in [4.69, 9.17) is 16.2 Å². The van der Waals surface area contributed by atoms with Crippen molar-refractivity contribution in [2.45, 2.75) is 116 Å². The number of ketones is 1. The van der Waals surface area contributed by atoms with Crippen molar-refractivity contribution < 1.29 is 57.8 Å². The van der Waals surface area contributed by atoms with E-state index in [1.54, 1.807) is 6.92 Å². The smallest absolute Gasteiger partial charge is 0.306 e. The van der Waals surface area contributed by atoms with Gasteiger partial charge in [-0.1, -0.05) is 32.9 Å². The third-order valence-electron chi connectivity index (χ3n) is 7.82. The van der Waals surface area contributed by atoms with E-state index >= 15 is 0 Å². The van der Waals surface area contributed by atoms with Crippen LogP contribution in [0.15, 0.2) is 12.7 Å². The number of amides is 7. The lowest BCUT2D eigenvalue weighted by Gasteiger charge is -2.27. The van der Waals surface area contributed by atoms with Gasteiger partial charge in [0, 0.05) is 13.3 Å². The minimum atomic E-state index is -1.88. The van der Waals surface area contributed by atoms with E-state index in [2.05, 4.69) is 33.2 Å². The highest BCUT2D eigenvalue weighted by molar-refractivity contribution is 6.38. The highest BCUT2D eigenvalue weighted by Gasteiger charge is 2.33. The van der Waals surface area contributed by atoms with Crippen molar-refractivity contribution in [3.63, 3.8) is 0 Å². The molecule has 0 aliphatic rings. The number of carboxylic acids is 1. The van der Waals surface area contributed by atoms with Crippen molar-refractivity contribution in [3.05, 3.63) is 12.7 Å². The summed E-state index contributed by atoms with van der Waals surface area (Å²) in [5, 5.41) is 23.3. The lowest BCUT2D eigenvalue weighted by Crippen LogP contribution is -2.58. The van der Waals surface area contributed by atoms with Crippen molar-refractivity contribution >= 4 is 59.1 Å². The van der Waals surface area contributed by atoms with E-state index in [0.29, 0.717) is 25.8 Å². The topological polar surface area (TPSA) is 324 Å². The Morgan fingerprint density at radius 2 is 1.34 bits per heavy atom. The second kappa shape index (κ2) is 24.7. The summed E-state index contributed by atoms with van der Waals surface area (Å²) < 4.78 is 4.78. The van der Waals surface area contributed by atoms with Crippen LogP contribution in [0.2, 0.25) is 0 Å². The number of carbonyl (C=O) groups is 10. The number of rotatable bonds is 26. The van der Waals surface area contributed by atoms with E-state index in [9.17, 15) is 53.1 Å². The fourth-order valence-electron chi connectivity index (χ4n) is 4.58. The Labute approximate surface area is 307 Å². The SMILES string of the molecule is C=CCOC(=O)CC[C@H](NC(=O)[C@H](CC(=O)O)NC(=O)C(=O)[C@H](C)NC(=O)[C@H](C)NC(=O)[C@H](CCCCN)NC(=O)[C@@H](NC(C)=O)[C@@H](C)CC)C(N)=O. The Hall–Kier alpha value is -5.40. The number of nitrogens with one attached hydrogen (secondary N) is 6. The molecule has 0 heterocycles. The van der Waals surface area contributed by atoms with Crippen molar-refractivity contribution in [2.24, 2.45) is 17.4 Å². The van der Waals surface area contributed by atoms with E-state index in [0.717, 1.165) is 6.92 Å². The van der Waals surface area contributed by atoms with Gasteiger partial charge in [0.1, 0.15) is 36.8 Å². The number of Topliss-reactive ketones (excluding diaryl/α,β-unsaturated/α-hetero) is 1. The van der Waals surface area contributed by atoms with Crippen molar-refractivity contribution in [1.29, 1.82) is 0 Å². The van der Waals surface area contributed by atoms with Crippen LogP contribution in [-0.4, -0.2) is 114 Å². The standard InChI is InChI=1S/C33H54N8O12/c1-7-15-53-25(45)13-12-21(28(35)47)39-31(50)23(16-24(43)44)41-33(52)27(46)18(4)36-29(48)19(5)37-30(49)22(11-9-10-14-34)40-32(51)26(17(3)8-2)38-20(6)42/h7,17-19,21-23,26H,1,8-16,34H2,2-6H3,(H2,35,47)(H,36,48)(H,37,49)(H,38,42)(H,39,50)(H,40,51)(H,41,52)(H,43,44)/t17-,18-,19-,21-,22-,23-,26-/m0/s1. The molecule has 0 fully saturated rings. The van der Waals surface area contributed by atoms with Crippen LogP contribution in [0.3, 0.4) is 0 Å². The second-order valence-electron chi connectivity index (χ2n) is 12.3. The van der Waals surface area contributed by atoms with Gasteiger partial charge in [-0.05, 0) is 52.0 Å². The van der Waals surface area contributed by atoms with Gasteiger partial charge < -0.3 is 53.2 Å². The predicted molar refractivity (Wildman–Crippen MR) is 188 cm³/mol. The molecule has 0 saturated carbocycles. The third-order valence-corrected chi connectivity index (χ3v) is 7.82. The number of carbonyl (C=O) groups excluding carboxylic acids is 9. The maximum atomic E-state index is 13.2. The molecule has 0 aromatic heterocycles. The molecule has 0 bridgehead atoms. The number of primary amides is 1. The first-order chi connectivity index (χ1) is 24.8. The molecule has 0 unspecified atom stereocenters. The van der Waals surface area contributed by atoms with Gasteiger partial charge in [0.2, 0.25) is 41.2 Å². The van der Waals surface area contributed by atoms with Gasteiger partial charge in [0.25, 0.3) is 5.91 Å². The Bertz CT molecular complexity index is 1360. The summed E-state index contributed by atoms with van der Waals surface area (Å²) >= 11 is 0. The van der Waals surface area contributed by atoms with Crippen LogP contribution >= 0.6 is 0 Å². The Kier molecular flexibility index (Phi) is 22.2. The normalized spacial score (nSPS) is 14.6. The van der Waals surface area contributed by atoms with Crippen molar-refractivity contribution in [2.75, 3.05) is 13.2 Å². The zero-order valence-electron chi connectivity index (χ0n) is 30.8. The Morgan fingerprint density at radius 3 is 1.87 bits per heavy atom. The quantitative estimate of drug-likeness (QED) is 0.0186. The molecule has 20 heteroatoms. The number of aliphatic carboxylic acids is 1. The number of hydrogen-bond acceptors (Lipinski definition) is 12. The van der Waals surface area contributed by atoms with Crippen LogP contribution in [0, 0.1) is 5.92 Å². The summed E-state index contributed by atoms with van der Waals surface area (Å²) in [6.07, 6.45) is 1.29. The molecule has 0 rings (SSSR count). The minimum Gasteiger partial charge on any atom is -0.481 e. The summed E-state index contributed by atoms with van der Waals surface area (Å²) in [7, 11) is 0. The minimum absolute atomic E-state index is 0.101. The van der Waals surface area contributed by atoms with Crippen LogP contribution < -0.4 is 43.4 Å². The molecular weight excluding hydrogens is 700 g/mol. The molecule has 20 nitrogen and oxygen atoms in total. The fraction of sp³-hybridized carbons (Fsp3) is 0.636. The zero-order chi connectivity index (χ0) is 40.8. The fourth-order valence-corrected chi connectivity index (χ4v) is 4.58. The Balaban J connectivity index is 5.60. The predicted octanol–water partition coefficient (Wildman–Crippen LogP) is -2.83. The van der Waals surface area contributed by atoms with Gasteiger partial charge >= 0.3 is 11.9 Å². The molecule has 7 atom stereocenters. The van der Waals surface area contributed by atoms with Crippen LogP contribution in [0.25, 0.3) is 0 Å². The van der Waals surface area contributed by atoms with Gasteiger partial charge in [-0.2, -0.15) is 0 Å². The summed E-state index contributed by atoms with van der Waals surface area (Å²) in [5.41, 5.74) is 10.9. The Morgan fingerprint density at radius 1 is 0.755 bits per heavy atom. The van der Waals surface area contributed by atoms with E-state index in [1.807, 2.05) is 12.2 Å². The van der Waals surface area contributed by atoms with Crippen LogP contribution in [0.5, 0.6) is 0 Å². The highest BCUT2D eigenvalue weighted by atomic mass is 16.5. The molecule has 298 valence electrons. The van der Waals surface area contributed by atoms with Crippen molar-refractivity contribution in [3.8, 4) is 0 Å². The van der Waals surface area contributed by atoms with Gasteiger partial charge in [-0.3, -0.25) is 47.9 Å². The molecule has 0 spiro atoms. The molecule has 7 amide bonds. The monoisotopic (exact) mass is 754 g/mol. The molecule has 0 aromatic carbocycles. The molecule has 0 radical (unpaired) electrons. The summed E-state index contributed by atoms with van der Waals surface area (Å²) in [4.78, 5) is 124. The first kappa shape index (κ1) is 47.6. The number of nitrogens with two attached hydrogens (primary N) is 2. The first-order valence-corrected chi connectivity index (χ1v) is 17.1. The lowest BCUT2D eigenvalue weighted by atomic mass is 9.97. The summed E-state index contributed by atoms with van der Waals surface area (Å²) in [6.45, 7) is 10.9. The van der Waals surface area contributed by atoms with Crippen LogP contribution in [-0.2, 0) is 52.7 Å². The maximum absolute atomic E-state index is 13.2. The van der Waals surface area contributed by atoms with E-state index < -0.39 is 102 Å². The molecule has 0 aliphatic carbocycles. The average Bonchev–Trinajstić information content (AvgIpc) is 3.09. The number of esters is 1. The van der Waals surface area contributed by atoms with Crippen LogP contribution in [0.4, 0.5) is 0 Å². The van der Waals surface area contributed by atoms with Crippen molar-refractivity contribution in [1.82, 2.24) is 31.9 Å². The van der Waals surface area contributed by atoms with Gasteiger partial charge in [0.15, 0.2) is 0 Å². The largest absolute Gasteiger partial charge is 0.481 e. The van der Waals surface area contributed by atoms with Crippen LogP contribution in [0.1, 0.15) is 79.6 Å². The average molecular weight is 755 g/mol. The third kappa shape index (κ3) is 18.6. The summed E-state index contributed by atoms with van der Waals surface area (Å²) in [6, 6.07) is -8.22. The van der Waals surface area contributed by atoms with Gasteiger partial charge in [0.05, 0.1) is 12.5 Å². The molecule has 0 aliphatic heterocycles. The maximum Gasteiger partial charge on any atom is 0.306 e. The number of carboxylic acid groups (broad SMARTS) is 1. The van der Waals surface area contributed by atoms with E-state index in [1.165, 1.54) is 19.9 Å². The summed E-state index contributed by atoms with van der Waals surface area (Å²) in [5.74, 6) is -10.3. The van der Waals surface area contributed by atoms with Gasteiger partial charge in [-0.15, -0.1) is 0 Å². The van der Waals surface area contributed by atoms with Gasteiger partial charge in [-0.25, -0.2) is 0 Å².